The molecule has 0 amide bonds. The third-order valence-electron chi connectivity index (χ3n) is 2.79. The van der Waals surface area contributed by atoms with Crippen LogP contribution >= 0.6 is 22.7 Å². The number of ether oxygens (including phenoxy) is 1. The van der Waals surface area contributed by atoms with Gasteiger partial charge < -0.3 is 10.5 Å². The van der Waals surface area contributed by atoms with E-state index in [1.54, 1.807) is 18.4 Å². The molecule has 0 aliphatic heterocycles. The van der Waals surface area contributed by atoms with E-state index >= 15 is 0 Å². The first-order chi connectivity index (χ1) is 9.28. The Labute approximate surface area is 119 Å². The Morgan fingerprint density at radius 1 is 1.11 bits per heavy atom. The molecular formula is C14H12N2OS2. The number of benzene rings is 1. The monoisotopic (exact) mass is 288 g/mol. The number of hydrogen-bond donors (Lipinski definition) is 1. The van der Waals surface area contributed by atoms with Crippen molar-refractivity contribution >= 4 is 27.8 Å². The van der Waals surface area contributed by atoms with E-state index in [1.165, 1.54) is 11.3 Å². The highest BCUT2D eigenvalue weighted by Gasteiger charge is 2.13. The first-order valence-corrected chi connectivity index (χ1v) is 7.47. The van der Waals surface area contributed by atoms with E-state index in [0.29, 0.717) is 5.13 Å². The Morgan fingerprint density at radius 2 is 1.89 bits per heavy atom. The summed E-state index contributed by atoms with van der Waals surface area (Å²) in [6.07, 6.45) is 0. The average molecular weight is 288 g/mol. The molecule has 0 saturated heterocycles. The van der Waals surface area contributed by atoms with Crippen LogP contribution in [-0.4, -0.2) is 12.1 Å². The zero-order chi connectivity index (χ0) is 13.2. The van der Waals surface area contributed by atoms with Gasteiger partial charge in [0.25, 0.3) is 0 Å². The maximum absolute atomic E-state index is 5.87. The molecule has 19 heavy (non-hydrogen) atoms. The summed E-state index contributed by atoms with van der Waals surface area (Å²) in [5, 5.41) is 4.72. The molecule has 0 aliphatic carbocycles. The molecule has 3 nitrogen and oxygen atoms in total. The molecule has 5 heteroatoms. The lowest BCUT2D eigenvalue weighted by Gasteiger charge is -2.03. The highest BCUT2D eigenvalue weighted by Crippen LogP contribution is 2.38. The number of nitrogen functional groups attached to an aromatic ring is 1. The summed E-state index contributed by atoms with van der Waals surface area (Å²) in [7, 11) is 1.66. The molecule has 2 N–H and O–H groups in total. The van der Waals surface area contributed by atoms with Gasteiger partial charge in [-0.15, -0.1) is 0 Å². The van der Waals surface area contributed by atoms with E-state index < -0.39 is 0 Å². The smallest absolute Gasteiger partial charge is 0.181 e. The van der Waals surface area contributed by atoms with E-state index in [-0.39, 0.29) is 0 Å². The minimum Gasteiger partial charge on any atom is -0.497 e. The fraction of sp³-hybridized carbons (Fsp3) is 0.0714. The Balaban J connectivity index is 2.09. The largest absolute Gasteiger partial charge is 0.497 e. The van der Waals surface area contributed by atoms with Crippen molar-refractivity contribution in [1.29, 1.82) is 0 Å². The third kappa shape index (κ3) is 2.34. The number of methoxy groups -OCH3 is 1. The number of nitrogens with zero attached hydrogens (tertiary/aromatic N) is 1. The fourth-order valence-electron chi connectivity index (χ4n) is 1.87. The molecule has 2 heterocycles. The standard InChI is InChI=1S/C14H12N2OS2/c1-17-11-4-2-9(3-5-11)13-12(16-14(15)19-13)10-6-7-18-8-10/h2-8H,1H3,(H2,15,16). The maximum atomic E-state index is 5.87. The summed E-state index contributed by atoms with van der Waals surface area (Å²) in [5.74, 6) is 0.846. The Hall–Kier alpha value is -1.85. The highest BCUT2D eigenvalue weighted by atomic mass is 32.1. The van der Waals surface area contributed by atoms with Crippen LogP contribution in [0.5, 0.6) is 5.75 Å². The molecule has 0 unspecified atom stereocenters. The van der Waals surface area contributed by atoms with Crippen molar-refractivity contribution in [2.75, 3.05) is 12.8 Å². The molecule has 3 aromatic rings. The molecular weight excluding hydrogens is 276 g/mol. The lowest BCUT2D eigenvalue weighted by Crippen LogP contribution is -1.83. The second kappa shape index (κ2) is 5.03. The van der Waals surface area contributed by atoms with Gasteiger partial charge in [0.1, 0.15) is 5.75 Å². The van der Waals surface area contributed by atoms with Crippen LogP contribution in [0.3, 0.4) is 0 Å². The number of rotatable bonds is 3. The molecule has 0 aliphatic rings. The SMILES string of the molecule is COc1ccc(-c2sc(N)nc2-c2ccsc2)cc1. The number of nitrogens with two attached hydrogens (primary N) is 1. The first-order valence-electron chi connectivity index (χ1n) is 5.71. The normalized spacial score (nSPS) is 10.6. The fourth-order valence-corrected chi connectivity index (χ4v) is 3.37. The molecule has 0 fully saturated rings. The predicted molar refractivity (Wildman–Crippen MR) is 81.8 cm³/mol. The molecule has 1 aromatic carbocycles. The minimum atomic E-state index is 0.590. The van der Waals surface area contributed by atoms with Crippen LogP contribution in [0, 0.1) is 0 Å². The van der Waals surface area contributed by atoms with E-state index in [2.05, 4.69) is 16.4 Å². The van der Waals surface area contributed by atoms with Crippen LogP contribution in [0.4, 0.5) is 5.13 Å². The summed E-state index contributed by atoms with van der Waals surface area (Å²) in [6.45, 7) is 0. The minimum absolute atomic E-state index is 0.590. The number of anilines is 1. The van der Waals surface area contributed by atoms with Crippen molar-refractivity contribution in [2.45, 2.75) is 0 Å². The second-order valence-electron chi connectivity index (χ2n) is 3.97. The van der Waals surface area contributed by atoms with Gasteiger partial charge in [-0.2, -0.15) is 11.3 Å². The zero-order valence-corrected chi connectivity index (χ0v) is 11.9. The van der Waals surface area contributed by atoms with Crippen LogP contribution in [0.2, 0.25) is 0 Å². The quantitative estimate of drug-likeness (QED) is 0.788. The van der Waals surface area contributed by atoms with Gasteiger partial charge in [0.2, 0.25) is 0 Å². The van der Waals surface area contributed by atoms with Gasteiger partial charge in [-0.05, 0) is 41.3 Å². The van der Waals surface area contributed by atoms with Gasteiger partial charge >= 0.3 is 0 Å². The molecule has 96 valence electrons. The molecule has 0 bridgehead atoms. The van der Waals surface area contributed by atoms with Crippen molar-refractivity contribution in [3.05, 3.63) is 41.1 Å². The van der Waals surface area contributed by atoms with Crippen LogP contribution in [0.15, 0.2) is 41.1 Å². The number of aromatic nitrogens is 1. The van der Waals surface area contributed by atoms with Gasteiger partial charge in [-0.25, -0.2) is 4.98 Å². The van der Waals surface area contributed by atoms with Gasteiger partial charge in [0, 0.05) is 10.9 Å². The van der Waals surface area contributed by atoms with Crippen molar-refractivity contribution in [1.82, 2.24) is 4.98 Å². The van der Waals surface area contributed by atoms with E-state index in [4.69, 9.17) is 10.5 Å². The van der Waals surface area contributed by atoms with Crippen LogP contribution in [0.1, 0.15) is 0 Å². The number of hydrogen-bond acceptors (Lipinski definition) is 5. The lowest BCUT2D eigenvalue weighted by atomic mass is 10.1. The van der Waals surface area contributed by atoms with Crippen molar-refractivity contribution < 1.29 is 4.74 Å². The molecule has 0 radical (unpaired) electrons. The number of thiophene rings is 1. The second-order valence-corrected chi connectivity index (χ2v) is 5.78. The van der Waals surface area contributed by atoms with Crippen molar-refractivity contribution in [3.8, 4) is 27.4 Å². The van der Waals surface area contributed by atoms with Crippen molar-refractivity contribution in [3.63, 3.8) is 0 Å². The maximum Gasteiger partial charge on any atom is 0.181 e. The molecule has 0 spiro atoms. The third-order valence-corrected chi connectivity index (χ3v) is 4.41. The zero-order valence-electron chi connectivity index (χ0n) is 10.3. The van der Waals surface area contributed by atoms with E-state index in [0.717, 1.165) is 27.4 Å². The summed E-state index contributed by atoms with van der Waals surface area (Å²) >= 11 is 3.17. The van der Waals surface area contributed by atoms with Crippen LogP contribution < -0.4 is 10.5 Å². The molecule has 3 rings (SSSR count). The van der Waals surface area contributed by atoms with Gasteiger partial charge in [-0.1, -0.05) is 11.3 Å². The first kappa shape index (κ1) is 12.2. The molecule has 0 saturated carbocycles. The van der Waals surface area contributed by atoms with E-state index in [1.807, 2.05) is 29.6 Å². The Kier molecular flexibility index (Phi) is 3.23. The van der Waals surface area contributed by atoms with Gasteiger partial charge in [0.15, 0.2) is 5.13 Å². The van der Waals surface area contributed by atoms with E-state index in [9.17, 15) is 0 Å². The molecule has 0 atom stereocenters. The Bertz CT molecular complexity index is 672. The summed E-state index contributed by atoms with van der Waals surface area (Å²) in [4.78, 5) is 5.54. The molecule has 2 aromatic heterocycles. The predicted octanol–water partition coefficient (Wildman–Crippen LogP) is 4.13. The average Bonchev–Trinajstić information content (AvgIpc) is 3.07. The van der Waals surface area contributed by atoms with Gasteiger partial charge in [-0.3, -0.25) is 0 Å². The van der Waals surface area contributed by atoms with Gasteiger partial charge in [0.05, 0.1) is 17.7 Å². The number of thiazole rings is 1. The van der Waals surface area contributed by atoms with Crippen molar-refractivity contribution in [2.24, 2.45) is 0 Å². The summed E-state index contributed by atoms with van der Waals surface area (Å²) in [5.41, 5.74) is 9.04. The summed E-state index contributed by atoms with van der Waals surface area (Å²) in [6, 6.07) is 10.0. The lowest BCUT2D eigenvalue weighted by molar-refractivity contribution is 0.415. The van der Waals surface area contributed by atoms with Crippen LogP contribution in [0.25, 0.3) is 21.7 Å². The highest BCUT2D eigenvalue weighted by molar-refractivity contribution is 7.19. The Morgan fingerprint density at radius 3 is 2.53 bits per heavy atom. The topological polar surface area (TPSA) is 48.1 Å². The van der Waals surface area contributed by atoms with Crippen LogP contribution in [-0.2, 0) is 0 Å². The summed E-state index contributed by atoms with van der Waals surface area (Å²) < 4.78 is 5.18.